The first kappa shape index (κ1) is 35.2. The van der Waals surface area contributed by atoms with Crippen LogP contribution in [0.25, 0.3) is 0 Å². The molecule has 16 nitrogen and oxygen atoms in total. The van der Waals surface area contributed by atoms with Gasteiger partial charge in [0.15, 0.2) is 9.84 Å². The summed E-state index contributed by atoms with van der Waals surface area (Å²) in [5.74, 6) is -3.37. The van der Waals surface area contributed by atoms with E-state index in [0.29, 0.717) is 11.3 Å². The van der Waals surface area contributed by atoms with Gasteiger partial charge in [-0.25, -0.2) is 22.8 Å². The molecule has 2 aromatic carbocycles. The van der Waals surface area contributed by atoms with Crippen LogP contribution in [0, 0.1) is 0 Å². The number of hydrogen-bond acceptors (Lipinski definition) is 13. The highest BCUT2D eigenvalue weighted by atomic mass is 32.2. The van der Waals surface area contributed by atoms with Gasteiger partial charge in [0.05, 0.1) is 11.2 Å². The third-order valence-corrected chi connectivity index (χ3v) is 13.7. The summed E-state index contributed by atoms with van der Waals surface area (Å²) >= 11 is 1.27. The first-order valence-corrected chi connectivity index (χ1v) is 18.0. The molecule has 0 aromatic heterocycles. The van der Waals surface area contributed by atoms with Gasteiger partial charge in [0, 0.05) is 10.4 Å². The zero-order valence-electron chi connectivity index (χ0n) is 27.4. The van der Waals surface area contributed by atoms with Crippen molar-refractivity contribution in [1.82, 2.24) is 15.1 Å². The van der Waals surface area contributed by atoms with Crippen LogP contribution in [-0.2, 0) is 43.3 Å². The summed E-state index contributed by atoms with van der Waals surface area (Å²) in [5, 5.41) is 3.52. The minimum atomic E-state index is -3.83. The van der Waals surface area contributed by atoms with E-state index in [1.807, 2.05) is 0 Å². The van der Waals surface area contributed by atoms with Gasteiger partial charge in [-0.3, -0.25) is 19.7 Å². The summed E-state index contributed by atoms with van der Waals surface area (Å²) in [6, 6.07) is 10.1. The molecule has 1 unspecified atom stereocenters. The van der Waals surface area contributed by atoms with Crippen molar-refractivity contribution in [1.29, 1.82) is 0 Å². The molecule has 2 aromatic rings. The lowest BCUT2D eigenvalue weighted by atomic mass is 9.95. The monoisotopic (exact) mass is 729 g/mol. The number of β-lactam (4-membered cyclic amide) rings is 2. The molecular formula is C32H35N5O11S2. The van der Waals surface area contributed by atoms with Crippen LogP contribution in [-0.4, -0.2) is 99.1 Å². The summed E-state index contributed by atoms with van der Waals surface area (Å²) in [5.41, 5.74) is 7.13. The van der Waals surface area contributed by atoms with E-state index in [1.54, 1.807) is 44.2 Å². The summed E-state index contributed by atoms with van der Waals surface area (Å²) in [4.78, 5) is 78.9. The topological polar surface area (TPSA) is 221 Å². The fourth-order valence-corrected chi connectivity index (χ4v) is 10.3. The third-order valence-electron chi connectivity index (χ3n) is 9.32. The molecule has 4 fully saturated rings. The number of benzene rings is 2. The van der Waals surface area contributed by atoms with Gasteiger partial charge in [0.25, 0.3) is 0 Å². The Balaban J connectivity index is 1.01. The molecule has 4 aliphatic rings. The lowest BCUT2D eigenvalue weighted by Crippen LogP contribution is -2.71. The summed E-state index contributed by atoms with van der Waals surface area (Å²) in [7, 11) is -3.83. The number of rotatable bonds is 9. The number of para-hydroxylation sites is 1. The van der Waals surface area contributed by atoms with Crippen LogP contribution in [0.2, 0.25) is 0 Å². The van der Waals surface area contributed by atoms with Gasteiger partial charge in [-0.1, -0.05) is 30.3 Å². The van der Waals surface area contributed by atoms with Gasteiger partial charge in [-0.2, -0.15) is 0 Å². The number of thioether (sulfide) groups is 1. The number of nitrogens with one attached hydrogen (secondary N) is 2. The SMILES string of the molecule is CC1(C)S[C@@H]2[C@H](NC(=O)C(N)c3ccc(OC(=O)Nc4ccccc4)cc3)C(=O)N2[C@H]1C(=O)OCOC(=O)[C@@H]1N2C(=O)C[C@H]2S(=O)(=O)C1(C)C. The first-order chi connectivity index (χ1) is 23.5. The first-order valence-electron chi connectivity index (χ1n) is 15.5. The van der Waals surface area contributed by atoms with Gasteiger partial charge >= 0.3 is 18.0 Å². The maximum absolute atomic E-state index is 13.2. The summed E-state index contributed by atoms with van der Waals surface area (Å²) in [6.07, 6.45) is -0.913. The number of carbonyl (C=O) groups excluding carboxylic acids is 6. The molecule has 0 bridgehead atoms. The van der Waals surface area contributed by atoms with Crippen LogP contribution in [0.5, 0.6) is 5.75 Å². The van der Waals surface area contributed by atoms with Crippen LogP contribution < -0.4 is 21.1 Å². The molecule has 0 saturated carbocycles. The van der Waals surface area contributed by atoms with Crippen molar-refractivity contribution in [2.24, 2.45) is 5.73 Å². The van der Waals surface area contributed by atoms with Crippen LogP contribution in [0.15, 0.2) is 54.6 Å². The van der Waals surface area contributed by atoms with E-state index in [0.717, 1.165) is 4.90 Å². The highest BCUT2D eigenvalue weighted by Crippen LogP contribution is 2.51. The average molecular weight is 730 g/mol. The van der Waals surface area contributed by atoms with E-state index < -0.39 is 96.8 Å². The van der Waals surface area contributed by atoms with Gasteiger partial charge in [0.1, 0.15) is 40.7 Å². The molecule has 0 aliphatic carbocycles. The number of nitrogens with zero attached hydrogens (tertiary/aromatic N) is 2. The van der Waals surface area contributed by atoms with Crippen molar-refractivity contribution < 1.29 is 51.4 Å². The zero-order valence-corrected chi connectivity index (χ0v) is 29.0. The van der Waals surface area contributed by atoms with E-state index in [9.17, 15) is 37.2 Å². The van der Waals surface area contributed by atoms with Gasteiger partial charge in [-0.05, 0) is 57.5 Å². The van der Waals surface area contributed by atoms with Crippen molar-refractivity contribution in [2.45, 2.75) is 78.5 Å². The number of sulfone groups is 1. The largest absolute Gasteiger partial charge is 0.426 e. The lowest BCUT2D eigenvalue weighted by molar-refractivity contribution is -0.181. The number of esters is 2. The van der Waals surface area contributed by atoms with E-state index in [1.165, 1.54) is 54.8 Å². The smallest absolute Gasteiger partial charge is 0.417 e. The van der Waals surface area contributed by atoms with Crippen LogP contribution in [0.3, 0.4) is 0 Å². The number of nitrogens with two attached hydrogens (primary N) is 1. The van der Waals surface area contributed by atoms with E-state index in [4.69, 9.17) is 19.9 Å². The lowest BCUT2D eigenvalue weighted by Gasteiger charge is -2.44. The number of fused-ring (bicyclic) bond motifs is 2. The average Bonchev–Trinajstić information content (AvgIpc) is 3.38. The summed E-state index contributed by atoms with van der Waals surface area (Å²) < 4.78 is 38.7. The quantitative estimate of drug-likeness (QED) is 0.187. The van der Waals surface area contributed by atoms with E-state index in [-0.39, 0.29) is 12.2 Å². The molecule has 6 rings (SSSR count). The number of hydrogen-bond donors (Lipinski definition) is 3. The van der Waals surface area contributed by atoms with Crippen LogP contribution in [0.1, 0.15) is 45.7 Å². The molecule has 4 aliphatic heterocycles. The van der Waals surface area contributed by atoms with Gasteiger partial charge in [0.2, 0.25) is 24.5 Å². The molecule has 4 heterocycles. The van der Waals surface area contributed by atoms with Crippen molar-refractivity contribution >= 4 is 63.0 Å². The maximum atomic E-state index is 13.2. The second-order valence-corrected chi connectivity index (χ2v) is 17.7. The number of carbonyl (C=O) groups is 6. The molecule has 0 spiro atoms. The maximum Gasteiger partial charge on any atom is 0.417 e. The molecule has 50 heavy (non-hydrogen) atoms. The molecule has 4 saturated heterocycles. The Morgan fingerprint density at radius 3 is 2.18 bits per heavy atom. The van der Waals surface area contributed by atoms with Gasteiger partial charge < -0.3 is 35.1 Å². The summed E-state index contributed by atoms with van der Waals surface area (Å²) in [6.45, 7) is 5.25. The minimum absolute atomic E-state index is 0.211. The van der Waals surface area contributed by atoms with Gasteiger partial charge in [-0.15, -0.1) is 11.8 Å². The Hall–Kier alpha value is -4.68. The van der Waals surface area contributed by atoms with Crippen molar-refractivity contribution in [3.63, 3.8) is 0 Å². The van der Waals surface area contributed by atoms with Crippen LogP contribution >= 0.6 is 11.8 Å². The standard InChI is InChI=1S/C32H35N5O11S2/c1-31(2)23(28(41)46-15-47-29(42)24-32(3,4)50(44,45)20-14-19(38)36(20)24)37-26(40)22(27(37)49-31)35-25(39)21(33)16-10-12-18(13-11-16)48-30(43)34-17-8-6-5-7-9-17/h5-13,20-24,27H,14-15,33H2,1-4H3,(H,34,43)(H,35,39)/t20-,21?,22-,23+,24+,27-/m1/s1. The second-order valence-electron chi connectivity index (χ2n) is 13.2. The van der Waals surface area contributed by atoms with Crippen molar-refractivity contribution in [3.8, 4) is 5.75 Å². The second kappa shape index (κ2) is 12.6. The molecule has 4 amide bonds. The number of amides is 4. The van der Waals surface area contributed by atoms with Crippen molar-refractivity contribution in [2.75, 3.05) is 12.1 Å². The molecular weight excluding hydrogens is 695 g/mol. The predicted molar refractivity (Wildman–Crippen MR) is 177 cm³/mol. The molecule has 6 atom stereocenters. The van der Waals surface area contributed by atoms with Crippen LogP contribution in [0.4, 0.5) is 10.5 Å². The number of anilines is 1. The minimum Gasteiger partial charge on any atom is -0.426 e. The Kier molecular flexibility index (Phi) is 8.84. The molecule has 4 N–H and O–H groups in total. The Labute approximate surface area is 291 Å². The molecule has 18 heteroatoms. The zero-order chi connectivity index (χ0) is 36.3. The molecule has 266 valence electrons. The Morgan fingerprint density at radius 2 is 1.56 bits per heavy atom. The highest BCUT2D eigenvalue weighted by Gasteiger charge is 2.68. The third kappa shape index (κ3) is 5.83. The fraction of sp³-hybridized carbons (Fsp3) is 0.438. The highest BCUT2D eigenvalue weighted by molar-refractivity contribution is 8.01. The fourth-order valence-electron chi connectivity index (χ4n) is 6.55. The number of ether oxygens (including phenoxy) is 3. The van der Waals surface area contributed by atoms with E-state index >= 15 is 0 Å². The molecule has 0 radical (unpaired) electrons. The van der Waals surface area contributed by atoms with Crippen molar-refractivity contribution in [3.05, 3.63) is 60.2 Å². The van der Waals surface area contributed by atoms with E-state index in [2.05, 4.69) is 10.6 Å². The predicted octanol–water partition coefficient (Wildman–Crippen LogP) is 1.02. The Bertz CT molecular complexity index is 1870. The normalized spacial score (nSPS) is 27.1. The Morgan fingerprint density at radius 1 is 0.940 bits per heavy atom.